The maximum atomic E-state index is 11.6. The van der Waals surface area contributed by atoms with Crippen molar-refractivity contribution in [2.45, 2.75) is 57.0 Å². The van der Waals surface area contributed by atoms with E-state index in [-0.39, 0.29) is 5.91 Å². The molecular weight excluding hydrogens is 228 g/mol. The lowest BCUT2D eigenvalue weighted by Crippen LogP contribution is -2.45. The number of amides is 1. The molecule has 3 N–H and O–H groups in total. The Balaban J connectivity index is 1.60. The van der Waals surface area contributed by atoms with Crippen molar-refractivity contribution in [2.75, 3.05) is 19.6 Å². The van der Waals surface area contributed by atoms with Crippen molar-refractivity contribution in [1.29, 1.82) is 0 Å². The highest BCUT2D eigenvalue weighted by Gasteiger charge is 2.28. The van der Waals surface area contributed by atoms with E-state index in [1.54, 1.807) is 0 Å². The van der Waals surface area contributed by atoms with Gasteiger partial charge in [-0.3, -0.25) is 4.79 Å². The maximum Gasteiger partial charge on any atom is 0.234 e. The fraction of sp³-hybridized carbons (Fsp3) is 0.929. The van der Waals surface area contributed by atoms with Crippen molar-refractivity contribution in [3.63, 3.8) is 0 Å². The van der Waals surface area contributed by atoms with Crippen LogP contribution >= 0.6 is 0 Å². The van der Waals surface area contributed by atoms with Crippen LogP contribution in [-0.2, 0) is 4.79 Å². The average molecular weight is 254 g/mol. The van der Waals surface area contributed by atoms with Gasteiger partial charge in [0.2, 0.25) is 5.91 Å². The van der Waals surface area contributed by atoms with Gasteiger partial charge in [0.25, 0.3) is 0 Å². The van der Waals surface area contributed by atoms with Gasteiger partial charge in [0.05, 0.1) is 12.1 Å². The van der Waals surface area contributed by atoms with Crippen LogP contribution < -0.4 is 10.6 Å². The molecule has 0 aromatic rings. The standard InChI is InChI=1S/C14H26N2O2/c17-13(10-15-9-12-5-6-12)16-11-14(18)7-3-1-2-4-8-14/h12,15,18H,1-11H2,(H,16,17). The van der Waals surface area contributed by atoms with Crippen LogP contribution in [0.15, 0.2) is 0 Å². The van der Waals surface area contributed by atoms with E-state index in [1.807, 2.05) is 0 Å². The number of hydrogen-bond donors (Lipinski definition) is 3. The summed E-state index contributed by atoms with van der Waals surface area (Å²) in [5.74, 6) is 0.803. The van der Waals surface area contributed by atoms with Gasteiger partial charge in [0, 0.05) is 6.54 Å². The Morgan fingerprint density at radius 1 is 1.17 bits per heavy atom. The van der Waals surface area contributed by atoms with Gasteiger partial charge in [-0.25, -0.2) is 0 Å². The fourth-order valence-corrected chi connectivity index (χ4v) is 2.60. The molecule has 2 aliphatic rings. The van der Waals surface area contributed by atoms with Gasteiger partial charge in [-0.05, 0) is 38.1 Å². The number of hydrogen-bond acceptors (Lipinski definition) is 3. The van der Waals surface area contributed by atoms with Gasteiger partial charge in [-0.15, -0.1) is 0 Å². The number of aliphatic hydroxyl groups is 1. The lowest BCUT2D eigenvalue weighted by Gasteiger charge is -2.26. The first-order chi connectivity index (χ1) is 8.68. The third kappa shape index (κ3) is 4.94. The van der Waals surface area contributed by atoms with Crippen molar-refractivity contribution < 1.29 is 9.90 Å². The van der Waals surface area contributed by atoms with Crippen LogP contribution in [0, 0.1) is 5.92 Å². The predicted molar refractivity (Wildman–Crippen MR) is 71.3 cm³/mol. The lowest BCUT2D eigenvalue weighted by atomic mass is 9.94. The Morgan fingerprint density at radius 2 is 1.83 bits per heavy atom. The number of carbonyl (C=O) groups is 1. The lowest BCUT2D eigenvalue weighted by molar-refractivity contribution is -0.121. The molecule has 0 radical (unpaired) electrons. The smallest absolute Gasteiger partial charge is 0.234 e. The molecule has 18 heavy (non-hydrogen) atoms. The van der Waals surface area contributed by atoms with E-state index in [0.29, 0.717) is 13.1 Å². The largest absolute Gasteiger partial charge is 0.388 e. The summed E-state index contributed by atoms with van der Waals surface area (Å²) in [6, 6.07) is 0. The zero-order valence-corrected chi connectivity index (χ0v) is 11.2. The Bertz CT molecular complexity index is 269. The Hall–Kier alpha value is -0.610. The van der Waals surface area contributed by atoms with E-state index in [2.05, 4.69) is 10.6 Å². The molecule has 1 amide bonds. The molecule has 2 saturated carbocycles. The summed E-state index contributed by atoms with van der Waals surface area (Å²) in [6.45, 7) is 1.75. The molecular formula is C14H26N2O2. The van der Waals surface area contributed by atoms with E-state index < -0.39 is 5.60 Å². The van der Waals surface area contributed by atoms with Crippen molar-refractivity contribution in [3.05, 3.63) is 0 Å². The van der Waals surface area contributed by atoms with E-state index in [4.69, 9.17) is 0 Å². The van der Waals surface area contributed by atoms with Gasteiger partial charge < -0.3 is 15.7 Å². The van der Waals surface area contributed by atoms with Gasteiger partial charge in [0.15, 0.2) is 0 Å². The minimum absolute atomic E-state index is 0.00771. The summed E-state index contributed by atoms with van der Waals surface area (Å²) in [4.78, 5) is 11.6. The summed E-state index contributed by atoms with van der Waals surface area (Å²) >= 11 is 0. The van der Waals surface area contributed by atoms with E-state index in [9.17, 15) is 9.90 Å². The van der Waals surface area contributed by atoms with E-state index in [1.165, 1.54) is 25.7 Å². The molecule has 4 heteroatoms. The molecule has 104 valence electrons. The van der Waals surface area contributed by atoms with Crippen LogP contribution in [0.4, 0.5) is 0 Å². The Kier molecular flexibility index (Phi) is 5.01. The second-order valence-electron chi connectivity index (χ2n) is 5.99. The summed E-state index contributed by atoms with van der Waals surface area (Å²) in [5, 5.41) is 16.4. The molecule has 0 bridgehead atoms. The third-order valence-corrected chi connectivity index (χ3v) is 4.06. The van der Waals surface area contributed by atoms with Crippen LogP contribution in [0.25, 0.3) is 0 Å². The zero-order chi connectivity index (χ0) is 12.8. The monoisotopic (exact) mass is 254 g/mol. The molecule has 0 aromatic heterocycles. The van der Waals surface area contributed by atoms with Crippen LogP contribution in [0.3, 0.4) is 0 Å². The second-order valence-corrected chi connectivity index (χ2v) is 5.99. The maximum absolute atomic E-state index is 11.6. The van der Waals surface area contributed by atoms with Crippen LogP contribution in [0.2, 0.25) is 0 Å². The van der Waals surface area contributed by atoms with Gasteiger partial charge >= 0.3 is 0 Å². The van der Waals surface area contributed by atoms with Crippen LogP contribution in [0.5, 0.6) is 0 Å². The molecule has 0 saturated heterocycles. The minimum atomic E-state index is -0.664. The molecule has 4 nitrogen and oxygen atoms in total. The molecule has 0 aliphatic heterocycles. The van der Waals surface area contributed by atoms with Gasteiger partial charge in [0.1, 0.15) is 0 Å². The fourth-order valence-electron chi connectivity index (χ4n) is 2.60. The summed E-state index contributed by atoms with van der Waals surface area (Å²) in [7, 11) is 0. The number of carbonyl (C=O) groups excluding carboxylic acids is 1. The normalized spacial score (nSPS) is 23.4. The molecule has 0 unspecified atom stereocenters. The van der Waals surface area contributed by atoms with Crippen LogP contribution in [0.1, 0.15) is 51.4 Å². The molecule has 2 rings (SSSR count). The first-order valence-electron chi connectivity index (χ1n) is 7.38. The highest BCUT2D eigenvalue weighted by molar-refractivity contribution is 5.78. The van der Waals surface area contributed by atoms with Crippen molar-refractivity contribution in [3.8, 4) is 0 Å². The predicted octanol–water partition coefficient (Wildman–Crippen LogP) is 1.19. The van der Waals surface area contributed by atoms with Crippen LogP contribution in [-0.4, -0.2) is 36.2 Å². The first-order valence-corrected chi connectivity index (χ1v) is 7.38. The second kappa shape index (κ2) is 6.53. The SMILES string of the molecule is O=C(CNCC1CC1)NCC1(O)CCCCCC1. The molecule has 0 spiro atoms. The number of nitrogens with one attached hydrogen (secondary N) is 2. The highest BCUT2D eigenvalue weighted by Crippen LogP contribution is 2.27. The molecule has 2 aliphatic carbocycles. The minimum Gasteiger partial charge on any atom is -0.388 e. The molecule has 2 fully saturated rings. The summed E-state index contributed by atoms with van der Waals surface area (Å²) in [5.41, 5.74) is -0.664. The average Bonchev–Trinajstić information content (AvgIpc) is 3.16. The molecule has 0 aromatic carbocycles. The Morgan fingerprint density at radius 3 is 2.44 bits per heavy atom. The van der Waals surface area contributed by atoms with Gasteiger partial charge in [-0.1, -0.05) is 25.7 Å². The quantitative estimate of drug-likeness (QED) is 0.624. The van der Waals surface area contributed by atoms with E-state index in [0.717, 1.165) is 38.1 Å². The molecule has 0 heterocycles. The third-order valence-electron chi connectivity index (χ3n) is 4.06. The first kappa shape index (κ1) is 13.8. The summed E-state index contributed by atoms with van der Waals surface area (Å²) < 4.78 is 0. The van der Waals surface area contributed by atoms with Crippen molar-refractivity contribution >= 4 is 5.91 Å². The number of rotatable bonds is 6. The van der Waals surface area contributed by atoms with Gasteiger partial charge in [-0.2, -0.15) is 0 Å². The zero-order valence-electron chi connectivity index (χ0n) is 11.2. The Labute approximate surface area is 110 Å². The van der Waals surface area contributed by atoms with Crippen molar-refractivity contribution in [1.82, 2.24) is 10.6 Å². The summed E-state index contributed by atoms with van der Waals surface area (Å²) in [6.07, 6.45) is 8.81. The highest BCUT2D eigenvalue weighted by atomic mass is 16.3. The topological polar surface area (TPSA) is 61.4 Å². The van der Waals surface area contributed by atoms with Crippen molar-refractivity contribution in [2.24, 2.45) is 5.92 Å². The van der Waals surface area contributed by atoms with E-state index >= 15 is 0 Å². The molecule has 0 atom stereocenters.